The van der Waals surface area contributed by atoms with E-state index in [1.165, 1.54) is 24.1 Å². The van der Waals surface area contributed by atoms with Crippen molar-refractivity contribution < 1.29 is 13.2 Å². The van der Waals surface area contributed by atoms with Gasteiger partial charge in [0.05, 0.1) is 16.9 Å². The number of carbonyl (C=O) groups is 1. The second kappa shape index (κ2) is 7.77. The molecule has 1 aromatic rings. The number of rotatable bonds is 6. The summed E-state index contributed by atoms with van der Waals surface area (Å²) in [5.74, 6) is -0.250. The first-order valence-corrected chi connectivity index (χ1v) is 8.19. The molecule has 0 saturated carbocycles. The Balaban J connectivity index is 2.68. The number of nitrogens with one attached hydrogen (secondary N) is 2. The number of benzene rings is 1. The molecule has 0 aliphatic carbocycles. The summed E-state index contributed by atoms with van der Waals surface area (Å²) in [6.07, 6.45) is 0. The molecule has 2 amide bonds. The van der Waals surface area contributed by atoms with Crippen LogP contribution < -0.4 is 10.0 Å². The molecular weight excluding hydrogens is 304 g/mol. The molecule has 0 fully saturated rings. The van der Waals surface area contributed by atoms with Gasteiger partial charge in [0.2, 0.25) is 10.0 Å². The highest BCUT2D eigenvalue weighted by Gasteiger charge is 2.13. The lowest BCUT2D eigenvalue weighted by molar-refractivity contribution is 0.205. The number of amides is 2. The van der Waals surface area contributed by atoms with Crippen LogP contribution >= 0.6 is 0 Å². The third-order valence-electron chi connectivity index (χ3n) is 3.04. The molecule has 2 N–H and O–H groups in total. The molecule has 0 bridgehead atoms. The van der Waals surface area contributed by atoms with Crippen LogP contribution in [0.25, 0.3) is 0 Å². The van der Waals surface area contributed by atoms with Crippen molar-refractivity contribution in [1.29, 1.82) is 5.26 Å². The molecule has 0 heterocycles. The largest absolute Gasteiger partial charge is 0.334 e. The molecule has 0 saturated heterocycles. The van der Waals surface area contributed by atoms with Gasteiger partial charge in [-0.3, -0.25) is 0 Å². The van der Waals surface area contributed by atoms with Crippen LogP contribution in [0.3, 0.4) is 0 Å². The van der Waals surface area contributed by atoms with Gasteiger partial charge in [-0.1, -0.05) is 12.1 Å². The molecule has 7 nitrogen and oxygen atoms in total. The second-order valence-electron chi connectivity index (χ2n) is 4.92. The quantitative estimate of drug-likeness (QED) is 0.811. The molecule has 22 heavy (non-hydrogen) atoms. The summed E-state index contributed by atoms with van der Waals surface area (Å²) in [7, 11) is -0.559. The van der Waals surface area contributed by atoms with Gasteiger partial charge < -0.3 is 10.2 Å². The Kier molecular flexibility index (Phi) is 6.34. The van der Waals surface area contributed by atoms with Gasteiger partial charge in [0.15, 0.2) is 0 Å². The van der Waals surface area contributed by atoms with Gasteiger partial charge in [0.25, 0.3) is 0 Å². The summed E-state index contributed by atoms with van der Waals surface area (Å²) in [5, 5.41) is 11.4. The Morgan fingerprint density at radius 2 is 2.14 bits per heavy atom. The number of urea groups is 1. The van der Waals surface area contributed by atoms with E-state index in [9.17, 15) is 13.2 Å². The average Bonchev–Trinajstić information content (AvgIpc) is 2.52. The molecule has 0 aliphatic heterocycles. The van der Waals surface area contributed by atoms with Gasteiger partial charge in [0, 0.05) is 20.1 Å². The van der Waals surface area contributed by atoms with E-state index in [0.29, 0.717) is 12.1 Å². The smallest absolute Gasteiger partial charge is 0.317 e. The van der Waals surface area contributed by atoms with Crippen molar-refractivity contribution in [2.75, 3.05) is 20.6 Å². The number of carbonyl (C=O) groups excluding carboxylic acids is 1. The van der Waals surface area contributed by atoms with E-state index in [4.69, 9.17) is 5.26 Å². The average molecular weight is 324 g/mol. The highest BCUT2D eigenvalue weighted by molar-refractivity contribution is 7.89. The van der Waals surface area contributed by atoms with Crippen molar-refractivity contribution in [1.82, 2.24) is 14.9 Å². The Morgan fingerprint density at radius 1 is 1.45 bits per heavy atom. The molecule has 0 spiro atoms. The second-order valence-corrected chi connectivity index (χ2v) is 6.81. The molecule has 0 aliphatic rings. The Hall–Kier alpha value is -2.11. The van der Waals surface area contributed by atoms with Crippen LogP contribution in [0.5, 0.6) is 0 Å². The summed E-state index contributed by atoms with van der Waals surface area (Å²) < 4.78 is 25.7. The SMILES string of the molecule is CNS(=O)(=O)c1cccc(CNC(=O)N(C)C[C@@H](C)C#N)c1. The minimum atomic E-state index is -3.50. The Labute approximate surface area is 131 Å². The first kappa shape index (κ1) is 17.9. The zero-order chi connectivity index (χ0) is 16.8. The summed E-state index contributed by atoms with van der Waals surface area (Å²) in [6, 6.07) is 8.08. The molecule has 1 rings (SSSR count). The van der Waals surface area contributed by atoms with Crippen molar-refractivity contribution >= 4 is 16.1 Å². The predicted octanol–water partition coefficient (Wildman–Crippen LogP) is 0.896. The lowest BCUT2D eigenvalue weighted by atomic mass is 10.2. The standard InChI is InChI=1S/C14H20N4O3S/c1-11(8-15)10-18(3)14(19)17-9-12-5-4-6-13(7-12)22(20,21)16-2/h4-7,11,16H,9-10H2,1-3H3,(H,17,19)/t11-/m0/s1. The normalized spacial score (nSPS) is 12.3. The van der Waals surface area contributed by atoms with Gasteiger partial charge in [0.1, 0.15) is 0 Å². The van der Waals surface area contributed by atoms with Crippen LogP contribution in [0.4, 0.5) is 4.79 Å². The van der Waals surface area contributed by atoms with Crippen molar-refractivity contribution in [3.05, 3.63) is 29.8 Å². The predicted molar refractivity (Wildman–Crippen MR) is 82.3 cm³/mol. The van der Waals surface area contributed by atoms with Crippen LogP contribution in [0, 0.1) is 17.2 Å². The van der Waals surface area contributed by atoms with Crippen LogP contribution in [0.2, 0.25) is 0 Å². The van der Waals surface area contributed by atoms with Crippen molar-refractivity contribution in [3.63, 3.8) is 0 Å². The minimum absolute atomic E-state index is 0.146. The number of nitrogens with zero attached hydrogens (tertiary/aromatic N) is 2. The molecule has 120 valence electrons. The van der Waals surface area contributed by atoms with E-state index >= 15 is 0 Å². The molecule has 0 radical (unpaired) electrons. The van der Waals surface area contributed by atoms with Crippen LogP contribution in [0.15, 0.2) is 29.2 Å². The fourth-order valence-electron chi connectivity index (χ4n) is 1.79. The van der Waals surface area contributed by atoms with E-state index in [0.717, 1.165) is 0 Å². The topological polar surface area (TPSA) is 102 Å². The highest BCUT2D eigenvalue weighted by atomic mass is 32.2. The van der Waals surface area contributed by atoms with E-state index in [-0.39, 0.29) is 23.4 Å². The molecule has 0 unspecified atom stereocenters. The fraction of sp³-hybridized carbons (Fsp3) is 0.429. The zero-order valence-corrected chi connectivity index (χ0v) is 13.6. The first-order chi connectivity index (χ1) is 10.3. The zero-order valence-electron chi connectivity index (χ0n) is 12.8. The maximum atomic E-state index is 11.9. The lowest BCUT2D eigenvalue weighted by Crippen LogP contribution is -2.39. The maximum Gasteiger partial charge on any atom is 0.317 e. The lowest BCUT2D eigenvalue weighted by Gasteiger charge is -2.19. The van der Waals surface area contributed by atoms with E-state index in [2.05, 4.69) is 16.1 Å². The Morgan fingerprint density at radius 3 is 2.73 bits per heavy atom. The summed E-state index contributed by atoms with van der Waals surface area (Å²) in [5.41, 5.74) is 0.673. The van der Waals surface area contributed by atoms with Crippen molar-refractivity contribution in [2.24, 2.45) is 5.92 Å². The van der Waals surface area contributed by atoms with Gasteiger partial charge in [-0.05, 0) is 31.7 Å². The monoisotopic (exact) mass is 324 g/mol. The number of nitriles is 1. The number of hydrogen-bond acceptors (Lipinski definition) is 4. The van der Waals surface area contributed by atoms with Gasteiger partial charge >= 0.3 is 6.03 Å². The molecule has 1 atom stereocenters. The summed E-state index contributed by atoms with van der Waals surface area (Å²) in [4.78, 5) is 13.4. The van der Waals surface area contributed by atoms with Crippen LogP contribution in [-0.2, 0) is 16.6 Å². The third kappa shape index (κ3) is 5.02. The van der Waals surface area contributed by atoms with Crippen molar-refractivity contribution in [3.8, 4) is 6.07 Å². The van der Waals surface area contributed by atoms with Gasteiger partial charge in [-0.2, -0.15) is 5.26 Å². The first-order valence-electron chi connectivity index (χ1n) is 6.71. The minimum Gasteiger partial charge on any atom is -0.334 e. The summed E-state index contributed by atoms with van der Waals surface area (Å²) in [6.45, 7) is 2.27. The van der Waals surface area contributed by atoms with Crippen LogP contribution in [0.1, 0.15) is 12.5 Å². The molecular formula is C14H20N4O3S. The fourth-order valence-corrected chi connectivity index (χ4v) is 2.59. The van der Waals surface area contributed by atoms with Crippen molar-refractivity contribution in [2.45, 2.75) is 18.4 Å². The maximum absolute atomic E-state index is 11.9. The molecule has 8 heteroatoms. The highest BCUT2D eigenvalue weighted by Crippen LogP contribution is 2.11. The third-order valence-corrected chi connectivity index (χ3v) is 4.45. The van der Waals surface area contributed by atoms with E-state index in [1.54, 1.807) is 26.1 Å². The van der Waals surface area contributed by atoms with E-state index < -0.39 is 10.0 Å². The number of hydrogen-bond donors (Lipinski definition) is 2. The Bertz CT molecular complexity index is 667. The van der Waals surface area contributed by atoms with Gasteiger partial charge in [-0.25, -0.2) is 17.9 Å². The van der Waals surface area contributed by atoms with E-state index in [1.807, 2.05) is 0 Å². The van der Waals surface area contributed by atoms with Gasteiger partial charge in [-0.15, -0.1) is 0 Å². The summed E-state index contributed by atoms with van der Waals surface area (Å²) >= 11 is 0. The van der Waals surface area contributed by atoms with Crippen LogP contribution in [-0.4, -0.2) is 40.0 Å². The molecule has 0 aromatic heterocycles. The number of sulfonamides is 1. The molecule has 1 aromatic carbocycles.